The van der Waals surface area contributed by atoms with Gasteiger partial charge in [-0.05, 0) is 68.4 Å². The Morgan fingerprint density at radius 1 is 1.02 bits per heavy atom. The molecule has 1 aliphatic carbocycles. The average Bonchev–Trinajstić information content (AvgIpc) is 3.03. The lowest BCUT2D eigenvalue weighted by molar-refractivity contribution is -0.140. The molecule has 1 aliphatic heterocycles. The molecule has 3 aromatic carbocycles. The number of nitrogens with two attached hydrogens (primary N) is 1. The number of carbonyl (C=O) groups is 1. The van der Waals surface area contributed by atoms with Gasteiger partial charge in [0.15, 0.2) is 11.5 Å². The first-order chi connectivity index (χ1) is 21.4. The molecule has 2 aliphatic rings. The fraction of sp³-hybridized carbons (Fsp3) is 0.389. The van der Waals surface area contributed by atoms with Crippen LogP contribution in [-0.4, -0.2) is 12.6 Å². The Labute approximate surface area is 264 Å². The number of nitriles is 1. The van der Waals surface area contributed by atoms with Gasteiger partial charge in [0.2, 0.25) is 5.88 Å². The number of rotatable bonds is 11. The summed E-state index contributed by atoms with van der Waals surface area (Å²) in [5, 5.41) is 10.7. The highest BCUT2D eigenvalue weighted by Crippen LogP contribution is 2.45. The van der Waals surface area contributed by atoms with E-state index in [1.807, 2.05) is 55.5 Å². The second-order valence-corrected chi connectivity index (χ2v) is 11.8. The Bertz CT molecular complexity index is 1550. The van der Waals surface area contributed by atoms with Crippen molar-refractivity contribution in [2.45, 2.75) is 71.3 Å². The van der Waals surface area contributed by atoms with Crippen LogP contribution in [0.25, 0.3) is 0 Å². The molecule has 0 bridgehead atoms. The van der Waals surface area contributed by atoms with Crippen molar-refractivity contribution in [3.8, 4) is 29.1 Å². The quantitative estimate of drug-likeness (QED) is 0.171. The molecule has 0 aromatic heterocycles. The van der Waals surface area contributed by atoms with Crippen LogP contribution in [0.1, 0.15) is 81.4 Å². The molecule has 1 fully saturated rings. The van der Waals surface area contributed by atoms with E-state index in [0.29, 0.717) is 40.5 Å². The van der Waals surface area contributed by atoms with Crippen LogP contribution in [-0.2, 0) is 11.4 Å². The fourth-order valence-electron chi connectivity index (χ4n) is 6.08. The predicted molar refractivity (Wildman–Crippen MR) is 170 cm³/mol. The number of ether oxygens (including phenoxy) is 4. The summed E-state index contributed by atoms with van der Waals surface area (Å²) in [7, 11) is 0. The van der Waals surface area contributed by atoms with Gasteiger partial charge in [0.05, 0.1) is 18.4 Å². The summed E-state index contributed by atoms with van der Waals surface area (Å²) in [6.45, 7) is 4.81. The molecule has 0 radical (unpaired) electrons. The molecule has 0 saturated heterocycles. The number of hydrogen-bond donors (Lipinski definition) is 1. The zero-order valence-corrected chi connectivity index (χ0v) is 26.1. The lowest BCUT2D eigenvalue weighted by Gasteiger charge is -2.28. The molecular weight excluding hydrogens is 576 g/mol. The van der Waals surface area contributed by atoms with E-state index < -0.39 is 5.92 Å². The molecule has 2 N–H and O–H groups in total. The van der Waals surface area contributed by atoms with Gasteiger partial charge in [0.25, 0.3) is 0 Å². The number of halogens is 1. The summed E-state index contributed by atoms with van der Waals surface area (Å²) < 4.78 is 23.7. The Morgan fingerprint density at radius 2 is 1.82 bits per heavy atom. The number of hydrogen-bond acceptors (Lipinski definition) is 7. The van der Waals surface area contributed by atoms with Crippen LogP contribution >= 0.6 is 11.6 Å². The van der Waals surface area contributed by atoms with Crippen LogP contribution in [0, 0.1) is 23.2 Å². The Morgan fingerprint density at radius 3 is 2.55 bits per heavy atom. The minimum absolute atomic E-state index is 0.0101. The number of fused-ring (bicyclic) bond motifs is 1. The Hall–Kier alpha value is -4.15. The molecule has 1 atom stereocenters. The average molecular weight is 615 g/mol. The maximum atomic E-state index is 13.0. The van der Waals surface area contributed by atoms with Crippen molar-refractivity contribution in [1.29, 1.82) is 5.26 Å². The van der Waals surface area contributed by atoms with E-state index in [9.17, 15) is 10.1 Å². The third kappa shape index (κ3) is 7.14. The maximum absolute atomic E-state index is 13.0. The Kier molecular flexibility index (Phi) is 10.3. The van der Waals surface area contributed by atoms with Crippen LogP contribution in [0.2, 0.25) is 5.02 Å². The third-order valence-corrected chi connectivity index (χ3v) is 8.87. The van der Waals surface area contributed by atoms with E-state index in [-0.39, 0.29) is 30.0 Å². The maximum Gasteiger partial charge on any atom is 0.314 e. The first-order valence-corrected chi connectivity index (χ1v) is 15.9. The predicted octanol–water partition coefficient (Wildman–Crippen LogP) is 8.44. The van der Waals surface area contributed by atoms with Crippen LogP contribution in [0.15, 0.2) is 72.1 Å². The third-order valence-electron chi connectivity index (χ3n) is 8.50. The SMILES string of the molecule is CCCCC1CCC(C(=O)Oc2ccc3c(c2)OC(N)=C(C#N)C3c2ccc(OCc3ccccc3Cl)c(OCC)c2)CC1. The monoisotopic (exact) mass is 614 g/mol. The van der Waals surface area contributed by atoms with Gasteiger partial charge in [0, 0.05) is 22.2 Å². The van der Waals surface area contributed by atoms with E-state index in [2.05, 4.69) is 13.0 Å². The number of allylic oxidation sites excluding steroid dienone is 1. The minimum Gasteiger partial charge on any atom is -0.490 e. The smallest absolute Gasteiger partial charge is 0.314 e. The number of unbranched alkanes of at least 4 members (excludes halogenated alkanes) is 1. The number of esters is 1. The van der Waals surface area contributed by atoms with Gasteiger partial charge in [-0.25, -0.2) is 0 Å². The summed E-state index contributed by atoms with van der Waals surface area (Å²) in [5.41, 5.74) is 8.92. The molecule has 0 spiro atoms. The molecular formula is C36H39ClN2O5. The van der Waals surface area contributed by atoms with Gasteiger partial charge in [-0.1, -0.05) is 68.1 Å². The summed E-state index contributed by atoms with van der Waals surface area (Å²) in [6.07, 6.45) is 7.55. The van der Waals surface area contributed by atoms with Gasteiger partial charge in [0.1, 0.15) is 29.7 Å². The molecule has 1 saturated carbocycles. The fourth-order valence-corrected chi connectivity index (χ4v) is 6.27. The van der Waals surface area contributed by atoms with Crippen molar-refractivity contribution >= 4 is 17.6 Å². The van der Waals surface area contributed by atoms with E-state index >= 15 is 0 Å². The van der Waals surface area contributed by atoms with Crippen LogP contribution in [0.4, 0.5) is 0 Å². The second-order valence-electron chi connectivity index (χ2n) is 11.4. The largest absolute Gasteiger partial charge is 0.490 e. The van der Waals surface area contributed by atoms with Crippen molar-refractivity contribution in [3.05, 3.63) is 93.8 Å². The number of nitrogens with zero attached hydrogens (tertiary/aromatic N) is 1. The first kappa shape index (κ1) is 31.3. The van der Waals surface area contributed by atoms with Crippen LogP contribution < -0.4 is 24.7 Å². The van der Waals surface area contributed by atoms with Crippen molar-refractivity contribution in [1.82, 2.24) is 0 Å². The topological polar surface area (TPSA) is 104 Å². The van der Waals surface area contributed by atoms with Gasteiger partial charge in [-0.15, -0.1) is 0 Å². The normalized spacial score (nSPS) is 19.4. The first-order valence-electron chi connectivity index (χ1n) is 15.5. The molecule has 7 nitrogen and oxygen atoms in total. The molecule has 230 valence electrons. The molecule has 1 unspecified atom stereocenters. The Balaban J connectivity index is 1.35. The number of benzene rings is 3. The van der Waals surface area contributed by atoms with Gasteiger partial charge >= 0.3 is 5.97 Å². The highest BCUT2D eigenvalue weighted by atomic mass is 35.5. The molecule has 44 heavy (non-hydrogen) atoms. The number of carbonyl (C=O) groups excluding carboxylic acids is 1. The van der Waals surface area contributed by atoms with E-state index in [1.165, 1.54) is 19.3 Å². The minimum atomic E-state index is -0.510. The van der Waals surface area contributed by atoms with Crippen LogP contribution in [0.5, 0.6) is 23.0 Å². The lowest BCUT2D eigenvalue weighted by Crippen LogP contribution is -2.26. The van der Waals surface area contributed by atoms with Crippen molar-refractivity contribution in [2.75, 3.05) is 6.61 Å². The highest BCUT2D eigenvalue weighted by molar-refractivity contribution is 6.31. The van der Waals surface area contributed by atoms with Crippen molar-refractivity contribution in [2.24, 2.45) is 17.6 Å². The van der Waals surface area contributed by atoms with E-state index in [4.69, 9.17) is 36.3 Å². The highest BCUT2D eigenvalue weighted by Gasteiger charge is 2.33. The molecule has 8 heteroatoms. The zero-order chi connectivity index (χ0) is 31.1. The molecule has 0 amide bonds. The van der Waals surface area contributed by atoms with E-state index in [0.717, 1.165) is 42.4 Å². The van der Waals surface area contributed by atoms with Crippen LogP contribution in [0.3, 0.4) is 0 Å². The van der Waals surface area contributed by atoms with Gasteiger partial charge in [-0.3, -0.25) is 4.79 Å². The second kappa shape index (κ2) is 14.5. The van der Waals surface area contributed by atoms with Crippen molar-refractivity contribution < 1.29 is 23.7 Å². The summed E-state index contributed by atoms with van der Waals surface area (Å²) in [4.78, 5) is 13.0. The summed E-state index contributed by atoms with van der Waals surface area (Å²) >= 11 is 6.31. The molecule has 1 heterocycles. The molecule has 3 aromatic rings. The lowest BCUT2D eigenvalue weighted by atomic mass is 9.80. The van der Waals surface area contributed by atoms with Gasteiger partial charge < -0.3 is 24.7 Å². The molecule has 5 rings (SSSR count). The van der Waals surface area contributed by atoms with Crippen molar-refractivity contribution in [3.63, 3.8) is 0 Å². The summed E-state index contributed by atoms with van der Waals surface area (Å²) in [6, 6.07) is 20.6. The van der Waals surface area contributed by atoms with E-state index in [1.54, 1.807) is 12.1 Å². The zero-order valence-electron chi connectivity index (χ0n) is 25.3. The van der Waals surface area contributed by atoms with Gasteiger partial charge in [-0.2, -0.15) is 5.26 Å². The summed E-state index contributed by atoms with van der Waals surface area (Å²) in [5.74, 6) is 1.84. The standard InChI is InChI=1S/C36H39ClN2O5/c1-3-5-8-23-11-13-24(14-12-23)36(40)43-27-16-17-28-32(20-27)44-35(39)29(21-38)34(28)25-15-18-31(33(19-25)41-4-2)42-22-26-9-6-7-10-30(26)37/h6-7,9-10,15-20,23-24,34H,3-5,8,11-14,22,39H2,1-2H3.